The normalized spacial score (nSPS) is 12.2. The molecule has 2 amide bonds. The molecule has 2 aromatic rings. The lowest BCUT2D eigenvalue weighted by molar-refractivity contribution is -0.148. The van der Waals surface area contributed by atoms with Gasteiger partial charge in [-0.15, -0.1) is 0 Å². The number of hydrogen-bond acceptors (Lipinski definition) is 7. The highest BCUT2D eigenvalue weighted by atomic mass is 16.6. The number of benzene rings is 2. The van der Waals surface area contributed by atoms with Crippen molar-refractivity contribution in [2.45, 2.75) is 58.4 Å². The van der Waals surface area contributed by atoms with Crippen molar-refractivity contribution < 1.29 is 33.4 Å². The zero-order valence-electron chi connectivity index (χ0n) is 20.9. The maximum absolute atomic E-state index is 12.8. The van der Waals surface area contributed by atoms with E-state index in [0.29, 0.717) is 6.42 Å². The van der Waals surface area contributed by atoms with Crippen LogP contribution >= 0.6 is 0 Å². The number of hydrogen-bond donors (Lipinski definition) is 2. The van der Waals surface area contributed by atoms with Crippen molar-refractivity contribution in [1.82, 2.24) is 10.6 Å². The van der Waals surface area contributed by atoms with E-state index in [4.69, 9.17) is 14.2 Å². The number of carbonyl (C=O) groups is 4. The van der Waals surface area contributed by atoms with E-state index in [0.717, 1.165) is 11.1 Å². The lowest BCUT2D eigenvalue weighted by Crippen LogP contribution is -2.45. The monoisotopic (exact) mass is 498 g/mol. The molecule has 2 N–H and O–H groups in total. The molecule has 0 radical (unpaired) electrons. The molecular formula is C27H34N2O7. The maximum atomic E-state index is 12.8. The molecule has 0 aromatic heterocycles. The second kappa shape index (κ2) is 15.2. The molecule has 194 valence electrons. The number of methoxy groups -OCH3 is 1. The van der Waals surface area contributed by atoms with Crippen LogP contribution in [0.2, 0.25) is 0 Å². The van der Waals surface area contributed by atoms with E-state index < -0.39 is 36.0 Å². The molecule has 2 aromatic carbocycles. The van der Waals surface area contributed by atoms with Gasteiger partial charge in [-0.3, -0.25) is 4.79 Å². The fourth-order valence-corrected chi connectivity index (χ4v) is 3.35. The van der Waals surface area contributed by atoms with Crippen LogP contribution in [0.1, 0.15) is 44.2 Å². The van der Waals surface area contributed by atoms with Gasteiger partial charge < -0.3 is 24.8 Å². The molecule has 36 heavy (non-hydrogen) atoms. The zero-order chi connectivity index (χ0) is 26.3. The summed E-state index contributed by atoms with van der Waals surface area (Å²) >= 11 is 0. The van der Waals surface area contributed by atoms with Crippen molar-refractivity contribution in [3.8, 4) is 0 Å². The molecule has 2 rings (SSSR count). The molecule has 0 heterocycles. The Morgan fingerprint density at radius 2 is 1.31 bits per heavy atom. The molecular weight excluding hydrogens is 464 g/mol. The number of nitrogens with one attached hydrogen (secondary N) is 2. The minimum atomic E-state index is -1.12. The van der Waals surface area contributed by atoms with Crippen LogP contribution in [0.3, 0.4) is 0 Å². The standard InChI is InChI=1S/C27H34N2O7/c1-19(2)16-23(25(31)34-3)28-24(30)15-14-22(26(32)35-17-20-10-6-4-7-11-20)29-27(33)36-18-21-12-8-5-9-13-21/h4-13,19,22-23H,14-18H2,1-3H3,(H,28,30)(H,29,33)/t22-,23+/m0/s1. The van der Waals surface area contributed by atoms with Crippen molar-refractivity contribution >= 4 is 23.9 Å². The summed E-state index contributed by atoms with van der Waals surface area (Å²) < 4.78 is 15.3. The average Bonchev–Trinajstić information content (AvgIpc) is 2.88. The molecule has 2 atom stereocenters. The summed E-state index contributed by atoms with van der Waals surface area (Å²) in [4.78, 5) is 49.7. The molecule has 0 spiro atoms. The van der Waals surface area contributed by atoms with Crippen LogP contribution in [-0.4, -0.2) is 43.1 Å². The predicted octanol–water partition coefficient (Wildman–Crippen LogP) is 3.51. The van der Waals surface area contributed by atoms with Crippen molar-refractivity contribution in [3.63, 3.8) is 0 Å². The third-order valence-corrected chi connectivity index (χ3v) is 5.20. The van der Waals surface area contributed by atoms with E-state index in [9.17, 15) is 19.2 Å². The summed E-state index contributed by atoms with van der Waals surface area (Å²) in [5.41, 5.74) is 1.57. The fraction of sp³-hybridized carbons (Fsp3) is 0.407. The Kier molecular flexibility index (Phi) is 12.0. The van der Waals surface area contributed by atoms with Gasteiger partial charge in [0, 0.05) is 6.42 Å². The van der Waals surface area contributed by atoms with E-state index in [1.54, 1.807) is 24.3 Å². The molecule has 0 saturated heterocycles. The molecule has 9 heteroatoms. The number of ether oxygens (including phenoxy) is 3. The van der Waals surface area contributed by atoms with Gasteiger partial charge in [0.15, 0.2) is 0 Å². The Morgan fingerprint density at radius 1 is 0.750 bits per heavy atom. The summed E-state index contributed by atoms with van der Waals surface area (Å²) in [6, 6.07) is 16.3. The van der Waals surface area contributed by atoms with Gasteiger partial charge in [0.25, 0.3) is 0 Å². The highest BCUT2D eigenvalue weighted by Gasteiger charge is 2.26. The van der Waals surface area contributed by atoms with Gasteiger partial charge in [-0.05, 0) is 29.9 Å². The van der Waals surface area contributed by atoms with Crippen molar-refractivity contribution in [1.29, 1.82) is 0 Å². The van der Waals surface area contributed by atoms with Crippen LogP contribution in [0.4, 0.5) is 4.79 Å². The lowest BCUT2D eigenvalue weighted by atomic mass is 10.0. The van der Waals surface area contributed by atoms with Gasteiger partial charge in [-0.25, -0.2) is 14.4 Å². The third kappa shape index (κ3) is 10.6. The first-order valence-electron chi connectivity index (χ1n) is 11.8. The summed E-state index contributed by atoms with van der Waals surface area (Å²) in [5, 5.41) is 5.13. The van der Waals surface area contributed by atoms with Gasteiger partial charge in [0.1, 0.15) is 25.3 Å². The molecule has 0 unspecified atom stereocenters. The summed E-state index contributed by atoms with van der Waals surface area (Å²) in [5.74, 6) is -1.55. The maximum Gasteiger partial charge on any atom is 0.408 e. The molecule has 0 fully saturated rings. The second-order valence-corrected chi connectivity index (χ2v) is 8.66. The smallest absolute Gasteiger partial charge is 0.408 e. The van der Waals surface area contributed by atoms with Crippen molar-refractivity contribution in [3.05, 3.63) is 71.8 Å². The van der Waals surface area contributed by atoms with Gasteiger partial charge in [-0.2, -0.15) is 0 Å². The highest BCUT2D eigenvalue weighted by molar-refractivity contribution is 5.86. The number of esters is 2. The van der Waals surface area contributed by atoms with E-state index in [-0.39, 0.29) is 32.0 Å². The topological polar surface area (TPSA) is 120 Å². The minimum absolute atomic E-state index is 0.0158. The first-order valence-corrected chi connectivity index (χ1v) is 11.8. The molecule has 0 saturated carbocycles. The van der Waals surface area contributed by atoms with Crippen molar-refractivity contribution in [2.75, 3.05) is 7.11 Å². The largest absolute Gasteiger partial charge is 0.467 e. The Morgan fingerprint density at radius 3 is 1.83 bits per heavy atom. The van der Waals surface area contributed by atoms with Gasteiger partial charge in [-0.1, -0.05) is 74.5 Å². The first-order chi connectivity index (χ1) is 17.3. The number of alkyl carbamates (subject to hydrolysis) is 1. The van der Waals surface area contributed by atoms with E-state index in [2.05, 4.69) is 10.6 Å². The molecule has 0 aliphatic rings. The second-order valence-electron chi connectivity index (χ2n) is 8.66. The van der Waals surface area contributed by atoms with E-state index in [1.807, 2.05) is 50.2 Å². The van der Waals surface area contributed by atoms with E-state index >= 15 is 0 Å². The van der Waals surface area contributed by atoms with Gasteiger partial charge >= 0.3 is 18.0 Å². The van der Waals surface area contributed by atoms with Gasteiger partial charge in [0.2, 0.25) is 5.91 Å². The zero-order valence-corrected chi connectivity index (χ0v) is 20.9. The summed E-state index contributed by atoms with van der Waals surface area (Å²) in [6.45, 7) is 3.88. The van der Waals surface area contributed by atoms with Crippen LogP contribution in [0, 0.1) is 5.92 Å². The minimum Gasteiger partial charge on any atom is -0.467 e. The van der Waals surface area contributed by atoms with Gasteiger partial charge in [0.05, 0.1) is 7.11 Å². The van der Waals surface area contributed by atoms with Crippen LogP contribution in [-0.2, 0) is 41.8 Å². The Balaban J connectivity index is 1.98. The third-order valence-electron chi connectivity index (χ3n) is 5.20. The highest BCUT2D eigenvalue weighted by Crippen LogP contribution is 2.10. The molecule has 0 aliphatic heterocycles. The quantitative estimate of drug-likeness (QED) is 0.320. The lowest BCUT2D eigenvalue weighted by Gasteiger charge is -2.20. The van der Waals surface area contributed by atoms with Crippen LogP contribution in [0.25, 0.3) is 0 Å². The predicted molar refractivity (Wildman–Crippen MR) is 132 cm³/mol. The van der Waals surface area contributed by atoms with Crippen LogP contribution < -0.4 is 10.6 Å². The fourth-order valence-electron chi connectivity index (χ4n) is 3.35. The number of rotatable bonds is 13. The van der Waals surface area contributed by atoms with E-state index in [1.165, 1.54) is 7.11 Å². The first kappa shape index (κ1) is 28.4. The Labute approximate surface area is 211 Å². The SMILES string of the molecule is COC(=O)[C@@H](CC(C)C)NC(=O)CC[C@H](NC(=O)OCc1ccccc1)C(=O)OCc1ccccc1. The van der Waals surface area contributed by atoms with Crippen LogP contribution in [0.15, 0.2) is 60.7 Å². The Bertz CT molecular complexity index is 980. The summed E-state index contributed by atoms with van der Waals surface area (Å²) in [6.07, 6.45) is -0.580. The molecule has 0 aliphatic carbocycles. The van der Waals surface area contributed by atoms with Crippen molar-refractivity contribution in [2.24, 2.45) is 5.92 Å². The average molecular weight is 499 g/mol. The number of carbonyl (C=O) groups excluding carboxylic acids is 4. The van der Waals surface area contributed by atoms with Crippen LogP contribution in [0.5, 0.6) is 0 Å². The number of amides is 2. The molecule has 9 nitrogen and oxygen atoms in total. The molecule has 0 bridgehead atoms. The Hall–Kier alpha value is -3.88. The summed E-state index contributed by atoms with van der Waals surface area (Å²) in [7, 11) is 1.26.